The Hall–Kier alpha value is -0.950. The van der Waals surface area contributed by atoms with E-state index in [-0.39, 0.29) is 6.04 Å². The molecule has 1 rings (SSSR count). The maximum atomic E-state index is 12.5. The van der Waals surface area contributed by atoms with E-state index in [1.165, 1.54) is 0 Å². The molecule has 3 N–H and O–H groups in total. The monoisotopic (exact) mass is 300 g/mol. The molecule has 0 saturated carbocycles. The normalized spacial score (nSPS) is 13.4. The van der Waals surface area contributed by atoms with E-state index in [9.17, 15) is 8.42 Å². The van der Waals surface area contributed by atoms with Crippen molar-refractivity contribution in [3.05, 3.63) is 29.3 Å². The second-order valence-electron chi connectivity index (χ2n) is 4.68. The zero-order valence-electron chi connectivity index (χ0n) is 12.3. The van der Waals surface area contributed by atoms with Crippen LogP contribution in [-0.2, 0) is 27.7 Å². The van der Waals surface area contributed by atoms with E-state index in [4.69, 9.17) is 10.5 Å². The maximum absolute atomic E-state index is 12.5. The Morgan fingerprint density at radius 3 is 2.55 bits per heavy atom. The average Bonchev–Trinajstić information content (AvgIpc) is 2.45. The van der Waals surface area contributed by atoms with E-state index in [0.29, 0.717) is 30.9 Å². The molecular weight excluding hydrogens is 276 g/mol. The smallest absolute Gasteiger partial charge is 0.241 e. The number of nitrogens with two attached hydrogens (primary N) is 1. The summed E-state index contributed by atoms with van der Waals surface area (Å²) in [6.45, 7) is 4.53. The quantitative estimate of drug-likeness (QED) is 0.760. The van der Waals surface area contributed by atoms with Crippen molar-refractivity contribution >= 4 is 10.0 Å². The molecule has 5 nitrogen and oxygen atoms in total. The molecule has 0 amide bonds. The van der Waals surface area contributed by atoms with Gasteiger partial charge < -0.3 is 10.5 Å². The summed E-state index contributed by atoms with van der Waals surface area (Å²) in [5.74, 6) is 0. The third-order valence-corrected chi connectivity index (χ3v) is 4.82. The highest BCUT2D eigenvalue weighted by atomic mass is 32.2. The summed E-state index contributed by atoms with van der Waals surface area (Å²) in [6.07, 6.45) is 1.33. The van der Waals surface area contributed by atoms with Gasteiger partial charge >= 0.3 is 0 Å². The molecule has 0 aliphatic heterocycles. The van der Waals surface area contributed by atoms with E-state index in [1.54, 1.807) is 13.2 Å². The second kappa shape index (κ2) is 7.73. The fourth-order valence-electron chi connectivity index (χ4n) is 1.99. The van der Waals surface area contributed by atoms with Crippen LogP contribution in [0.2, 0.25) is 0 Å². The summed E-state index contributed by atoms with van der Waals surface area (Å²) in [4.78, 5) is 0.317. The Bertz CT molecular complexity index is 529. The first-order valence-electron chi connectivity index (χ1n) is 6.81. The zero-order chi connectivity index (χ0) is 15.2. The van der Waals surface area contributed by atoms with Gasteiger partial charge in [0, 0.05) is 19.7 Å². The molecule has 0 aliphatic rings. The molecule has 1 aromatic rings. The molecule has 20 heavy (non-hydrogen) atoms. The van der Waals surface area contributed by atoms with Crippen molar-refractivity contribution in [1.82, 2.24) is 4.72 Å². The van der Waals surface area contributed by atoms with E-state index in [2.05, 4.69) is 4.72 Å². The molecule has 0 fully saturated rings. The van der Waals surface area contributed by atoms with Crippen LogP contribution >= 0.6 is 0 Å². The fourth-order valence-corrected chi connectivity index (χ4v) is 3.65. The summed E-state index contributed by atoms with van der Waals surface area (Å²) in [5, 5.41) is 0. The Balaban J connectivity index is 3.13. The number of aryl methyl sites for hydroxylation is 1. The van der Waals surface area contributed by atoms with Crippen LogP contribution in [0.15, 0.2) is 23.1 Å². The van der Waals surface area contributed by atoms with Crippen molar-refractivity contribution in [1.29, 1.82) is 0 Å². The molecule has 1 atom stereocenters. The van der Waals surface area contributed by atoms with Crippen LogP contribution in [0.1, 0.15) is 31.4 Å². The molecule has 1 aromatic carbocycles. The zero-order valence-corrected chi connectivity index (χ0v) is 13.2. The van der Waals surface area contributed by atoms with Crippen LogP contribution in [0.4, 0.5) is 0 Å². The lowest BCUT2D eigenvalue weighted by Crippen LogP contribution is -2.37. The number of nitrogens with one attached hydrogen (secondary N) is 1. The average molecular weight is 300 g/mol. The van der Waals surface area contributed by atoms with Crippen molar-refractivity contribution in [2.24, 2.45) is 5.73 Å². The van der Waals surface area contributed by atoms with E-state index < -0.39 is 10.0 Å². The van der Waals surface area contributed by atoms with E-state index in [0.717, 1.165) is 11.1 Å². The van der Waals surface area contributed by atoms with Crippen molar-refractivity contribution < 1.29 is 13.2 Å². The maximum Gasteiger partial charge on any atom is 0.241 e. The molecule has 0 saturated heterocycles. The summed E-state index contributed by atoms with van der Waals surface area (Å²) in [7, 11) is -2.00. The van der Waals surface area contributed by atoms with Gasteiger partial charge in [-0.05, 0) is 30.0 Å². The van der Waals surface area contributed by atoms with Crippen molar-refractivity contribution in [3.8, 4) is 0 Å². The Morgan fingerprint density at radius 1 is 1.35 bits per heavy atom. The number of rotatable bonds is 8. The molecule has 0 spiro atoms. The predicted octanol–water partition coefficient (Wildman–Crippen LogP) is 1.41. The van der Waals surface area contributed by atoms with Gasteiger partial charge in [0.1, 0.15) is 0 Å². The predicted molar refractivity (Wildman–Crippen MR) is 80.0 cm³/mol. The van der Waals surface area contributed by atoms with Gasteiger partial charge in [0.2, 0.25) is 10.0 Å². The van der Waals surface area contributed by atoms with Crippen LogP contribution < -0.4 is 10.5 Å². The van der Waals surface area contributed by atoms with Gasteiger partial charge in [0.15, 0.2) is 0 Å². The number of ether oxygens (including phenoxy) is 1. The lowest BCUT2D eigenvalue weighted by molar-refractivity contribution is 0.173. The molecule has 0 heterocycles. The largest absolute Gasteiger partial charge is 0.383 e. The van der Waals surface area contributed by atoms with Gasteiger partial charge in [0.25, 0.3) is 0 Å². The van der Waals surface area contributed by atoms with Crippen LogP contribution in [0.3, 0.4) is 0 Å². The van der Waals surface area contributed by atoms with Crippen LogP contribution in [0.25, 0.3) is 0 Å². The standard InChI is InChI=1S/C14H24N2O3S/c1-4-12-7-6-11(9-15)8-14(12)20(17,18)16-13(5-2)10-19-3/h6-8,13,16H,4-5,9-10,15H2,1-3H3. The minimum absolute atomic E-state index is 0.226. The van der Waals surface area contributed by atoms with Gasteiger partial charge in [-0.1, -0.05) is 26.0 Å². The summed E-state index contributed by atoms with van der Waals surface area (Å²) in [6, 6.07) is 5.12. The highest BCUT2D eigenvalue weighted by Gasteiger charge is 2.21. The summed E-state index contributed by atoms with van der Waals surface area (Å²) < 4.78 is 32.8. The van der Waals surface area contributed by atoms with Gasteiger partial charge in [-0.25, -0.2) is 13.1 Å². The molecule has 6 heteroatoms. The number of sulfonamides is 1. The Labute approximate surface area is 121 Å². The number of hydrogen-bond donors (Lipinski definition) is 2. The van der Waals surface area contributed by atoms with Crippen molar-refractivity contribution in [2.75, 3.05) is 13.7 Å². The topological polar surface area (TPSA) is 81.4 Å². The first-order valence-corrected chi connectivity index (χ1v) is 8.29. The van der Waals surface area contributed by atoms with Crippen molar-refractivity contribution in [3.63, 3.8) is 0 Å². The summed E-state index contributed by atoms with van der Waals surface area (Å²) in [5.41, 5.74) is 7.19. The van der Waals surface area contributed by atoms with Gasteiger partial charge in [-0.2, -0.15) is 0 Å². The van der Waals surface area contributed by atoms with E-state index in [1.807, 2.05) is 26.0 Å². The molecule has 0 radical (unpaired) electrons. The molecule has 0 aliphatic carbocycles. The summed E-state index contributed by atoms with van der Waals surface area (Å²) >= 11 is 0. The molecule has 0 aromatic heterocycles. The first kappa shape index (κ1) is 17.1. The SMILES string of the molecule is CCc1ccc(CN)cc1S(=O)(=O)NC(CC)COC. The van der Waals surface area contributed by atoms with Crippen LogP contribution in [-0.4, -0.2) is 28.2 Å². The fraction of sp³-hybridized carbons (Fsp3) is 0.571. The van der Waals surface area contributed by atoms with Gasteiger partial charge in [-0.15, -0.1) is 0 Å². The Kier molecular flexibility index (Phi) is 6.61. The molecule has 0 bridgehead atoms. The van der Waals surface area contributed by atoms with Gasteiger partial charge in [-0.3, -0.25) is 0 Å². The van der Waals surface area contributed by atoms with Crippen LogP contribution in [0.5, 0.6) is 0 Å². The number of benzene rings is 1. The lowest BCUT2D eigenvalue weighted by Gasteiger charge is -2.18. The van der Waals surface area contributed by atoms with E-state index >= 15 is 0 Å². The molecule has 114 valence electrons. The van der Waals surface area contributed by atoms with Crippen molar-refractivity contribution in [2.45, 2.75) is 44.2 Å². The molecular formula is C14H24N2O3S. The third-order valence-electron chi connectivity index (χ3n) is 3.22. The van der Waals surface area contributed by atoms with Crippen LogP contribution in [0, 0.1) is 0 Å². The first-order chi connectivity index (χ1) is 9.48. The highest BCUT2D eigenvalue weighted by Crippen LogP contribution is 2.19. The lowest BCUT2D eigenvalue weighted by atomic mass is 10.1. The third kappa shape index (κ3) is 4.28. The minimum Gasteiger partial charge on any atom is -0.383 e. The minimum atomic E-state index is -3.55. The van der Waals surface area contributed by atoms with Gasteiger partial charge in [0.05, 0.1) is 11.5 Å². The number of hydrogen-bond acceptors (Lipinski definition) is 4. The highest BCUT2D eigenvalue weighted by molar-refractivity contribution is 7.89. The molecule has 1 unspecified atom stereocenters. The second-order valence-corrected chi connectivity index (χ2v) is 6.36. The Morgan fingerprint density at radius 2 is 2.05 bits per heavy atom. The number of methoxy groups -OCH3 is 1.